The predicted octanol–water partition coefficient (Wildman–Crippen LogP) is 3.39. The number of carbonyl (C=O) groups excluding carboxylic acids is 1. The van der Waals surface area contributed by atoms with Gasteiger partial charge < -0.3 is 19.2 Å². The summed E-state index contributed by atoms with van der Waals surface area (Å²) in [5.41, 5.74) is 1.08. The fraction of sp³-hybridized carbons (Fsp3) is 0.652. The Morgan fingerprint density at radius 2 is 2.20 bits per heavy atom. The third kappa shape index (κ3) is 4.83. The number of ether oxygens (including phenoxy) is 2. The van der Waals surface area contributed by atoms with Crippen LogP contribution in [-0.4, -0.2) is 62.1 Å². The molecule has 1 aromatic rings. The summed E-state index contributed by atoms with van der Waals surface area (Å²) in [6.07, 6.45) is 3.87. The molecule has 3 heterocycles. The first-order valence-electron chi connectivity index (χ1n) is 11.0. The van der Waals surface area contributed by atoms with Crippen LogP contribution in [0.5, 0.6) is 0 Å². The Labute approximate surface area is 177 Å². The number of carbonyl (C=O) groups is 1. The molecule has 0 amide bonds. The zero-order chi connectivity index (χ0) is 21.0. The zero-order valence-electron chi connectivity index (χ0n) is 17.6. The highest BCUT2D eigenvalue weighted by atomic mass is 19.1. The smallest absolute Gasteiger partial charge is 0.313 e. The van der Waals surface area contributed by atoms with Crippen LogP contribution in [-0.2, 0) is 19.1 Å². The van der Waals surface area contributed by atoms with E-state index in [9.17, 15) is 9.18 Å². The summed E-state index contributed by atoms with van der Waals surface area (Å²) < 4.78 is 24.3. The number of nitrogens with zero attached hydrogens (tertiary/aromatic N) is 2. The number of piperidine rings is 1. The molecule has 0 aromatic heterocycles. The molecule has 0 unspecified atom stereocenters. The molecule has 0 bridgehead atoms. The number of hydrogen-bond donors (Lipinski definition) is 0. The molecule has 3 aliphatic rings. The highest BCUT2D eigenvalue weighted by molar-refractivity contribution is 6.01. The van der Waals surface area contributed by atoms with Gasteiger partial charge in [-0.05, 0) is 56.3 Å². The van der Waals surface area contributed by atoms with Crippen LogP contribution in [0.4, 0.5) is 4.39 Å². The number of likely N-dealkylation sites (tertiary alicyclic amines) is 1. The molecule has 2 saturated heterocycles. The molecular formula is C23H31FN2O4. The minimum atomic E-state index is -0.577. The third-order valence-electron chi connectivity index (χ3n) is 6.43. The molecule has 2 fully saturated rings. The summed E-state index contributed by atoms with van der Waals surface area (Å²) >= 11 is 0. The second kappa shape index (κ2) is 9.43. The fourth-order valence-corrected chi connectivity index (χ4v) is 4.96. The van der Waals surface area contributed by atoms with Gasteiger partial charge in [0.25, 0.3) is 0 Å². The van der Waals surface area contributed by atoms with Crippen molar-refractivity contribution in [3.8, 4) is 0 Å². The number of halogens is 1. The molecule has 6 nitrogen and oxygen atoms in total. The molecule has 0 saturated carbocycles. The summed E-state index contributed by atoms with van der Waals surface area (Å²) in [7, 11) is 0. The van der Waals surface area contributed by atoms with E-state index in [-0.39, 0.29) is 17.9 Å². The normalized spacial score (nSPS) is 29.5. The second-order valence-electron chi connectivity index (χ2n) is 8.75. The van der Waals surface area contributed by atoms with Gasteiger partial charge in [-0.25, -0.2) is 4.39 Å². The topological polar surface area (TPSA) is 60.4 Å². The lowest BCUT2D eigenvalue weighted by atomic mass is 9.74. The second-order valence-corrected chi connectivity index (χ2v) is 8.75. The number of benzene rings is 1. The van der Waals surface area contributed by atoms with Crippen molar-refractivity contribution in [1.29, 1.82) is 0 Å². The van der Waals surface area contributed by atoms with E-state index in [2.05, 4.69) is 10.1 Å². The summed E-state index contributed by atoms with van der Waals surface area (Å²) in [6, 6.07) is 6.29. The number of rotatable bonds is 7. The summed E-state index contributed by atoms with van der Waals surface area (Å²) in [5, 5.41) is 4.23. The molecule has 1 aromatic carbocycles. The molecule has 7 heteroatoms. The minimum absolute atomic E-state index is 0.129. The summed E-state index contributed by atoms with van der Waals surface area (Å²) in [4.78, 5) is 21.2. The average Bonchev–Trinajstić information content (AvgIpc) is 3.41. The van der Waals surface area contributed by atoms with E-state index in [1.54, 1.807) is 12.1 Å². The quantitative estimate of drug-likeness (QED) is 0.636. The van der Waals surface area contributed by atoms with E-state index >= 15 is 0 Å². The lowest BCUT2D eigenvalue weighted by Gasteiger charge is -2.42. The molecule has 0 aliphatic carbocycles. The van der Waals surface area contributed by atoms with E-state index in [0.29, 0.717) is 31.9 Å². The SMILES string of the molecule is CCOC(=O)[C@]1(C[C@H]2CC(c3ccc(F)cc3)=NO2)CCCN(C[C@H]2CCOC2)C1. The van der Waals surface area contributed by atoms with Gasteiger partial charge in [0.15, 0.2) is 0 Å². The standard InChI is InChI=1S/C23H31FN2O4/c1-2-29-22(27)23(9-3-10-26(16-23)14-17-8-11-28-15-17)13-20-12-21(25-30-20)18-4-6-19(24)7-5-18/h4-7,17,20H,2-3,8-16H2,1H3/t17-,20-,23+/m1/s1. The number of esters is 1. The van der Waals surface area contributed by atoms with Gasteiger partial charge in [-0.2, -0.15) is 0 Å². The Hall–Kier alpha value is -1.99. The van der Waals surface area contributed by atoms with Crippen molar-refractivity contribution in [2.24, 2.45) is 16.5 Å². The average molecular weight is 419 g/mol. The third-order valence-corrected chi connectivity index (χ3v) is 6.43. The van der Waals surface area contributed by atoms with Crippen molar-refractivity contribution in [1.82, 2.24) is 4.90 Å². The van der Waals surface area contributed by atoms with Gasteiger partial charge in [0.05, 0.1) is 24.3 Å². The van der Waals surface area contributed by atoms with Crippen molar-refractivity contribution < 1.29 is 23.5 Å². The maximum absolute atomic E-state index is 13.2. The zero-order valence-corrected chi connectivity index (χ0v) is 17.6. The van der Waals surface area contributed by atoms with Crippen LogP contribution in [0.2, 0.25) is 0 Å². The van der Waals surface area contributed by atoms with Gasteiger partial charge in [-0.3, -0.25) is 4.79 Å². The Kier molecular flexibility index (Phi) is 6.68. The van der Waals surface area contributed by atoms with Crippen molar-refractivity contribution in [2.75, 3.05) is 39.5 Å². The van der Waals surface area contributed by atoms with Gasteiger partial charge in [0.1, 0.15) is 11.9 Å². The van der Waals surface area contributed by atoms with Crippen molar-refractivity contribution >= 4 is 11.7 Å². The van der Waals surface area contributed by atoms with Crippen LogP contribution >= 0.6 is 0 Å². The van der Waals surface area contributed by atoms with Gasteiger partial charge in [0.2, 0.25) is 0 Å². The van der Waals surface area contributed by atoms with Gasteiger partial charge >= 0.3 is 5.97 Å². The highest BCUT2D eigenvalue weighted by Crippen LogP contribution is 2.39. The molecule has 30 heavy (non-hydrogen) atoms. The number of oxime groups is 1. The summed E-state index contributed by atoms with van der Waals surface area (Å²) in [5.74, 6) is 0.140. The van der Waals surface area contributed by atoms with Crippen LogP contribution in [0.25, 0.3) is 0 Å². The minimum Gasteiger partial charge on any atom is -0.466 e. The van der Waals surface area contributed by atoms with Gasteiger partial charge in [-0.15, -0.1) is 0 Å². The molecule has 0 radical (unpaired) electrons. The monoisotopic (exact) mass is 418 g/mol. The molecule has 4 rings (SSSR count). The van der Waals surface area contributed by atoms with Crippen LogP contribution in [0.3, 0.4) is 0 Å². The Bertz CT molecular complexity index is 763. The van der Waals surface area contributed by atoms with Crippen molar-refractivity contribution in [2.45, 2.75) is 45.1 Å². The van der Waals surface area contributed by atoms with Crippen LogP contribution in [0, 0.1) is 17.2 Å². The van der Waals surface area contributed by atoms with Gasteiger partial charge in [0, 0.05) is 32.5 Å². The first-order chi connectivity index (χ1) is 14.6. The lowest BCUT2D eigenvalue weighted by molar-refractivity contribution is -0.162. The fourth-order valence-electron chi connectivity index (χ4n) is 4.96. The lowest BCUT2D eigenvalue weighted by Crippen LogP contribution is -2.51. The van der Waals surface area contributed by atoms with E-state index in [0.717, 1.165) is 56.8 Å². The van der Waals surface area contributed by atoms with Crippen molar-refractivity contribution in [3.05, 3.63) is 35.6 Å². The maximum atomic E-state index is 13.2. The molecule has 0 N–H and O–H groups in total. The number of hydrogen-bond acceptors (Lipinski definition) is 6. The molecule has 3 atom stereocenters. The van der Waals surface area contributed by atoms with Crippen LogP contribution < -0.4 is 0 Å². The largest absolute Gasteiger partial charge is 0.466 e. The first kappa shape index (κ1) is 21.2. The predicted molar refractivity (Wildman–Crippen MR) is 111 cm³/mol. The van der Waals surface area contributed by atoms with Gasteiger partial charge in [-0.1, -0.05) is 17.3 Å². The van der Waals surface area contributed by atoms with Crippen LogP contribution in [0.15, 0.2) is 29.4 Å². The molecule has 164 valence electrons. The highest BCUT2D eigenvalue weighted by Gasteiger charge is 2.47. The van der Waals surface area contributed by atoms with Crippen molar-refractivity contribution in [3.63, 3.8) is 0 Å². The summed E-state index contributed by atoms with van der Waals surface area (Å²) in [6.45, 7) is 6.52. The maximum Gasteiger partial charge on any atom is 0.313 e. The molecular weight excluding hydrogens is 387 g/mol. The Balaban J connectivity index is 1.43. The first-order valence-corrected chi connectivity index (χ1v) is 11.0. The Morgan fingerprint density at radius 1 is 1.37 bits per heavy atom. The van der Waals surface area contributed by atoms with E-state index in [4.69, 9.17) is 14.3 Å². The molecule has 0 spiro atoms. The van der Waals surface area contributed by atoms with E-state index in [1.807, 2.05) is 6.92 Å². The van der Waals surface area contributed by atoms with E-state index < -0.39 is 5.41 Å². The Morgan fingerprint density at radius 3 is 2.93 bits per heavy atom. The van der Waals surface area contributed by atoms with Crippen LogP contribution in [0.1, 0.15) is 44.6 Å². The molecule has 3 aliphatic heterocycles. The van der Waals surface area contributed by atoms with E-state index in [1.165, 1.54) is 12.1 Å².